The van der Waals surface area contributed by atoms with E-state index in [9.17, 15) is 18.1 Å². The van der Waals surface area contributed by atoms with Crippen molar-refractivity contribution in [3.8, 4) is 11.3 Å². The van der Waals surface area contributed by atoms with Gasteiger partial charge in [0, 0.05) is 38.3 Å². The van der Waals surface area contributed by atoms with Crippen molar-refractivity contribution in [3.63, 3.8) is 0 Å². The number of nitroso groups, excluding NO2 is 1. The van der Waals surface area contributed by atoms with Gasteiger partial charge in [0.2, 0.25) is 5.95 Å². The van der Waals surface area contributed by atoms with Gasteiger partial charge in [-0.1, -0.05) is 40.5 Å². The van der Waals surface area contributed by atoms with Crippen LogP contribution in [-0.4, -0.2) is 71.8 Å². The molecule has 0 radical (unpaired) electrons. The molecule has 1 fully saturated rings. The Morgan fingerprint density at radius 3 is 2.52 bits per heavy atom. The smallest absolute Gasteiger partial charge is 0.382 e. The maximum atomic E-state index is 12.2. The summed E-state index contributed by atoms with van der Waals surface area (Å²) in [6.45, 7) is 1.09. The van der Waals surface area contributed by atoms with Crippen molar-refractivity contribution in [2.45, 2.75) is 12.4 Å². The lowest BCUT2D eigenvalue weighted by atomic mass is 10.1. The molecule has 1 aliphatic heterocycles. The van der Waals surface area contributed by atoms with E-state index in [1.54, 1.807) is 18.2 Å². The minimum atomic E-state index is -4.80. The maximum absolute atomic E-state index is 12.2. The number of nitrogen functional groups attached to an aromatic ring is 1. The number of aromatic nitrogens is 3. The van der Waals surface area contributed by atoms with Gasteiger partial charge < -0.3 is 10.6 Å². The lowest BCUT2D eigenvalue weighted by molar-refractivity contribution is -0.325. The van der Waals surface area contributed by atoms with E-state index in [1.165, 1.54) is 0 Å². The fraction of sp³-hybridized carbons (Fsp3) is 0.471. The van der Waals surface area contributed by atoms with Crippen LogP contribution in [0.1, 0.15) is 0 Å². The topological polar surface area (TPSA) is 110 Å². The molecule has 9 nitrogen and oxygen atoms in total. The Morgan fingerprint density at radius 1 is 1.19 bits per heavy atom. The van der Waals surface area contributed by atoms with Crippen LogP contribution in [0.5, 0.6) is 0 Å². The third-order valence-corrected chi connectivity index (χ3v) is 5.44. The fourth-order valence-corrected chi connectivity index (χ4v) is 3.47. The van der Waals surface area contributed by atoms with Gasteiger partial charge in [0.15, 0.2) is 5.82 Å². The highest BCUT2D eigenvalue weighted by Crippen LogP contribution is 2.34. The predicted molar refractivity (Wildman–Crippen MR) is 110 cm³/mol. The molecule has 168 valence electrons. The number of halogens is 5. The first kappa shape index (κ1) is 23.4. The van der Waals surface area contributed by atoms with E-state index in [0.29, 0.717) is 53.4 Å². The average molecular weight is 480 g/mol. The first-order chi connectivity index (χ1) is 14.7. The Bertz CT molecular complexity index is 927. The Morgan fingerprint density at radius 2 is 1.90 bits per heavy atom. The molecule has 0 aliphatic carbocycles. The molecular formula is C17H18Cl2F3N7O2. The highest BCUT2D eigenvalue weighted by molar-refractivity contribution is 6.43. The number of benzene rings is 1. The Balaban J connectivity index is 1.60. The van der Waals surface area contributed by atoms with E-state index in [-0.39, 0.29) is 12.4 Å². The Kier molecular flexibility index (Phi) is 7.46. The van der Waals surface area contributed by atoms with Gasteiger partial charge in [0.1, 0.15) is 11.7 Å². The number of anilines is 2. The van der Waals surface area contributed by atoms with Gasteiger partial charge >= 0.3 is 6.36 Å². The van der Waals surface area contributed by atoms with Crippen molar-refractivity contribution in [2.24, 2.45) is 5.18 Å². The second-order valence-electron chi connectivity index (χ2n) is 6.75. The van der Waals surface area contributed by atoms with Gasteiger partial charge in [-0.05, 0) is 6.07 Å². The predicted octanol–water partition coefficient (Wildman–Crippen LogP) is 3.22. The largest absolute Gasteiger partial charge is 0.522 e. The van der Waals surface area contributed by atoms with Crippen LogP contribution in [0.15, 0.2) is 23.4 Å². The highest BCUT2D eigenvalue weighted by atomic mass is 35.5. The summed E-state index contributed by atoms with van der Waals surface area (Å²) < 4.78 is 40.2. The number of ether oxygens (including phenoxy) is 1. The molecule has 1 unspecified atom stereocenters. The highest BCUT2D eigenvalue weighted by Gasteiger charge is 2.31. The number of rotatable bonds is 7. The number of nitrogens with two attached hydrogens (primary N) is 1. The molecule has 1 saturated heterocycles. The summed E-state index contributed by atoms with van der Waals surface area (Å²) in [6, 6.07) is 3.93. The number of alkyl halides is 3. The zero-order chi connectivity index (χ0) is 22.6. The normalized spacial score (nSPS) is 16.4. The summed E-state index contributed by atoms with van der Waals surface area (Å²) in [7, 11) is 0. The zero-order valence-electron chi connectivity index (χ0n) is 16.0. The molecular weight excluding hydrogens is 462 g/mol. The van der Waals surface area contributed by atoms with Gasteiger partial charge in [-0.3, -0.25) is 9.64 Å². The molecule has 14 heteroatoms. The average Bonchev–Trinajstić information content (AvgIpc) is 2.73. The van der Waals surface area contributed by atoms with E-state index in [1.807, 2.05) is 9.80 Å². The van der Waals surface area contributed by atoms with Crippen molar-refractivity contribution in [3.05, 3.63) is 33.2 Å². The number of nitrogens with zero attached hydrogens (tertiary/aromatic N) is 6. The summed E-state index contributed by atoms with van der Waals surface area (Å²) in [5.74, 6) is 0.440. The summed E-state index contributed by atoms with van der Waals surface area (Å²) >= 11 is 12.2. The van der Waals surface area contributed by atoms with E-state index in [4.69, 9.17) is 28.9 Å². The van der Waals surface area contributed by atoms with Crippen molar-refractivity contribution in [2.75, 3.05) is 50.0 Å². The van der Waals surface area contributed by atoms with Gasteiger partial charge in [0.25, 0.3) is 0 Å². The summed E-state index contributed by atoms with van der Waals surface area (Å²) in [5, 5.41) is 11.6. The quantitative estimate of drug-likeness (QED) is 0.602. The van der Waals surface area contributed by atoms with Crippen molar-refractivity contribution in [1.29, 1.82) is 0 Å². The molecule has 1 aliphatic rings. The first-order valence-corrected chi connectivity index (χ1v) is 9.88. The van der Waals surface area contributed by atoms with Crippen LogP contribution in [0, 0.1) is 4.91 Å². The maximum Gasteiger partial charge on any atom is 0.522 e. The molecule has 0 bridgehead atoms. The van der Waals surface area contributed by atoms with Gasteiger partial charge in [0.05, 0.1) is 16.7 Å². The van der Waals surface area contributed by atoms with Crippen LogP contribution < -0.4 is 10.6 Å². The second kappa shape index (κ2) is 9.90. The van der Waals surface area contributed by atoms with Crippen molar-refractivity contribution >= 4 is 35.0 Å². The number of hydrogen-bond donors (Lipinski definition) is 1. The summed E-state index contributed by atoms with van der Waals surface area (Å²) in [4.78, 5) is 18.8. The third kappa shape index (κ3) is 6.12. The minimum absolute atomic E-state index is 0.0564. The minimum Gasteiger partial charge on any atom is -0.382 e. The second-order valence-corrected chi connectivity index (χ2v) is 7.54. The van der Waals surface area contributed by atoms with Crippen molar-refractivity contribution < 1.29 is 17.9 Å². The van der Waals surface area contributed by atoms with E-state index in [2.05, 4.69) is 25.1 Å². The lowest BCUT2D eigenvalue weighted by Gasteiger charge is -2.35. The van der Waals surface area contributed by atoms with Crippen LogP contribution in [0.4, 0.5) is 24.9 Å². The van der Waals surface area contributed by atoms with Crippen molar-refractivity contribution in [1.82, 2.24) is 20.1 Å². The first-order valence-electron chi connectivity index (χ1n) is 9.13. The van der Waals surface area contributed by atoms with Gasteiger partial charge in [-0.2, -0.15) is 9.89 Å². The number of hydrogen-bond acceptors (Lipinski definition) is 9. The molecule has 0 amide bonds. The molecule has 1 atom stereocenters. The molecule has 0 saturated carbocycles. The summed E-state index contributed by atoms with van der Waals surface area (Å²) in [6.07, 6.45) is -4.80. The molecule has 2 N–H and O–H groups in total. The van der Waals surface area contributed by atoms with Crippen LogP contribution in [-0.2, 0) is 4.74 Å². The van der Waals surface area contributed by atoms with E-state index in [0.717, 1.165) is 0 Å². The van der Waals surface area contributed by atoms with Crippen LogP contribution in [0.2, 0.25) is 10.0 Å². The van der Waals surface area contributed by atoms with Gasteiger partial charge in [-0.25, -0.2) is 0 Å². The fourth-order valence-electron chi connectivity index (χ4n) is 3.08. The van der Waals surface area contributed by atoms with E-state index >= 15 is 0 Å². The SMILES string of the molecule is Nc1nc(N2CCN(CC(COC(F)(F)F)N=O)CC2)nnc1-c1cccc(Cl)c1Cl. The van der Waals surface area contributed by atoms with Crippen LogP contribution >= 0.6 is 23.2 Å². The summed E-state index contributed by atoms with van der Waals surface area (Å²) in [5.41, 5.74) is 6.87. The molecule has 2 aromatic rings. The molecule has 31 heavy (non-hydrogen) atoms. The van der Waals surface area contributed by atoms with Crippen LogP contribution in [0.25, 0.3) is 11.3 Å². The standard InChI is InChI=1S/C17H18Cl2F3N7O2/c18-12-3-1-2-11(13(12)19)14-15(23)24-16(26-25-14)29-6-4-28(5-7-29)8-10(27-30)9-31-17(20,21)22/h1-3,10H,4-9H2,(H2,23,24,26). The lowest BCUT2D eigenvalue weighted by Crippen LogP contribution is -2.49. The molecule has 2 heterocycles. The molecule has 3 rings (SSSR count). The van der Waals surface area contributed by atoms with Crippen LogP contribution in [0.3, 0.4) is 0 Å². The molecule has 1 aromatic carbocycles. The Labute approximate surface area is 185 Å². The zero-order valence-corrected chi connectivity index (χ0v) is 17.5. The van der Waals surface area contributed by atoms with Gasteiger partial charge in [-0.15, -0.1) is 23.4 Å². The molecule has 1 aromatic heterocycles. The van der Waals surface area contributed by atoms with E-state index < -0.39 is 19.0 Å². The monoisotopic (exact) mass is 479 g/mol. The molecule has 0 spiro atoms. The number of piperazine rings is 1. The Hall–Kier alpha value is -2.28. The third-order valence-electron chi connectivity index (χ3n) is 4.62.